The summed E-state index contributed by atoms with van der Waals surface area (Å²) in [6, 6.07) is 10.4. The van der Waals surface area contributed by atoms with Crippen LogP contribution in [0, 0.1) is 5.92 Å². The molecule has 1 aromatic rings. The highest BCUT2D eigenvalue weighted by atomic mass is 28.4. The summed E-state index contributed by atoms with van der Waals surface area (Å²) in [6.07, 6.45) is 1.62. The van der Waals surface area contributed by atoms with Crippen molar-refractivity contribution in [3.63, 3.8) is 0 Å². The van der Waals surface area contributed by atoms with Crippen molar-refractivity contribution in [2.75, 3.05) is 0 Å². The SMILES string of the molecule is C[C@H]1C(=O)C[C@H](O[Si](C)(C)C(C)(C)C)C[C@H]1c1ccccc1. The first-order valence-corrected chi connectivity index (χ1v) is 11.3. The van der Waals surface area contributed by atoms with Crippen LogP contribution >= 0.6 is 0 Å². The van der Waals surface area contributed by atoms with Crippen molar-refractivity contribution < 1.29 is 9.22 Å². The lowest BCUT2D eigenvalue weighted by Crippen LogP contribution is -2.46. The van der Waals surface area contributed by atoms with E-state index in [1.807, 2.05) is 6.07 Å². The molecule has 0 aromatic heterocycles. The van der Waals surface area contributed by atoms with E-state index < -0.39 is 8.32 Å². The minimum absolute atomic E-state index is 0.0785. The van der Waals surface area contributed by atoms with E-state index in [0.717, 1.165) is 6.42 Å². The van der Waals surface area contributed by atoms with Crippen LogP contribution in [-0.2, 0) is 9.22 Å². The Labute approximate surface area is 136 Å². The molecule has 0 spiro atoms. The second-order valence-corrected chi connectivity index (χ2v) is 13.0. The molecule has 1 saturated carbocycles. The van der Waals surface area contributed by atoms with Gasteiger partial charge in [-0.1, -0.05) is 58.0 Å². The van der Waals surface area contributed by atoms with Crippen molar-refractivity contribution in [3.8, 4) is 0 Å². The Balaban J connectivity index is 2.17. The van der Waals surface area contributed by atoms with Crippen molar-refractivity contribution in [1.82, 2.24) is 0 Å². The number of Topliss-reactive ketones (excluding diaryl/α,β-unsaturated/α-hetero) is 1. The van der Waals surface area contributed by atoms with Crippen LogP contribution in [0.5, 0.6) is 0 Å². The molecule has 122 valence electrons. The number of benzene rings is 1. The molecular formula is C19H30O2Si. The number of ketones is 1. The second-order valence-electron chi connectivity index (χ2n) is 8.21. The fourth-order valence-electron chi connectivity index (χ4n) is 3.01. The summed E-state index contributed by atoms with van der Waals surface area (Å²) in [6.45, 7) is 13.4. The molecule has 0 heterocycles. The minimum Gasteiger partial charge on any atom is -0.413 e. The molecule has 2 nitrogen and oxygen atoms in total. The van der Waals surface area contributed by atoms with Crippen LogP contribution in [0.3, 0.4) is 0 Å². The van der Waals surface area contributed by atoms with Gasteiger partial charge in [0, 0.05) is 12.3 Å². The molecule has 0 saturated heterocycles. The Kier molecular flexibility index (Phi) is 4.98. The second kappa shape index (κ2) is 6.29. The van der Waals surface area contributed by atoms with Crippen molar-refractivity contribution in [1.29, 1.82) is 0 Å². The maximum absolute atomic E-state index is 12.5. The first-order valence-electron chi connectivity index (χ1n) is 8.37. The van der Waals surface area contributed by atoms with Crippen LogP contribution in [0.1, 0.15) is 52.0 Å². The summed E-state index contributed by atoms with van der Waals surface area (Å²) in [7, 11) is -1.83. The molecule has 0 unspecified atom stereocenters. The molecule has 3 heteroatoms. The van der Waals surface area contributed by atoms with Crippen molar-refractivity contribution in [3.05, 3.63) is 35.9 Å². The largest absolute Gasteiger partial charge is 0.413 e. The number of hydrogen-bond acceptors (Lipinski definition) is 2. The lowest BCUT2D eigenvalue weighted by molar-refractivity contribution is -0.127. The lowest BCUT2D eigenvalue weighted by Gasteiger charge is -2.42. The molecule has 2 rings (SSSR count). The molecule has 0 amide bonds. The van der Waals surface area contributed by atoms with Gasteiger partial charge >= 0.3 is 0 Å². The molecule has 0 bridgehead atoms. The van der Waals surface area contributed by atoms with Gasteiger partial charge in [-0.05, 0) is 36.0 Å². The molecule has 1 aliphatic carbocycles. The van der Waals surface area contributed by atoms with Crippen LogP contribution in [0.2, 0.25) is 18.1 Å². The van der Waals surface area contributed by atoms with Crippen LogP contribution in [0.4, 0.5) is 0 Å². The average Bonchev–Trinajstić information content (AvgIpc) is 2.42. The first-order chi connectivity index (χ1) is 10.1. The zero-order valence-corrected chi connectivity index (χ0v) is 15.8. The highest BCUT2D eigenvalue weighted by Gasteiger charge is 2.42. The van der Waals surface area contributed by atoms with E-state index in [9.17, 15) is 4.79 Å². The number of carbonyl (C=O) groups is 1. The third kappa shape index (κ3) is 3.69. The Bertz CT molecular complexity index is 516. The van der Waals surface area contributed by atoms with E-state index in [0.29, 0.717) is 12.2 Å². The van der Waals surface area contributed by atoms with Crippen molar-refractivity contribution >= 4 is 14.1 Å². The van der Waals surface area contributed by atoms with Gasteiger partial charge < -0.3 is 4.43 Å². The topological polar surface area (TPSA) is 26.3 Å². The van der Waals surface area contributed by atoms with Gasteiger partial charge in [0.2, 0.25) is 0 Å². The first kappa shape index (κ1) is 17.4. The van der Waals surface area contributed by atoms with E-state index in [1.165, 1.54) is 5.56 Å². The Morgan fingerprint density at radius 3 is 2.27 bits per heavy atom. The van der Waals surface area contributed by atoms with Gasteiger partial charge in [0.25, 0.3) is 0 Å². The maximum atomic E-state index is 12.5. The number of carbonyl (C=O) groups excluding carboxylic acids is 1. The Morgan fingerprint density at radius 2 is 1.73 bits per heavy atom. The third-order valence-corrected chi connectivity index (χ3v) is 10.1. The Morgan fingerprint density at radius 1 is 1.14 bits per heavy atom. The van der Waals surface area contributed by atoms with Crippen LogP contribution in [0.15, 0.2) is 30.3 Å². The van der Waals surface area contributed by atoms with Crippen molar-refractivity contribution in [2.24, 2.45) is 5.92 Å². The molecule has 0 N–H and O–H groups in total. The monoisotopic (exact) mass is 318 g/mol. The van der Waals surface area contributed by atoms with Gasteiger partial charge in [-0.3, -0.25) is 4.79 Å². The van der Waals surface area contributed by atoms with E-state index in [2.05, 4.69) is 65.1 Å². The summed E-state index contributed by atoms with van der Waals surface area (Å²) in [5, 5.41) is 0.182. The van der Waals surface area contributed by atoms with Crippen molar-refractivity contribution in [2.45, 2.75) is 70.7 Å². The summed E-state index contributed by atoms with van der Waals surface area (Å²) in [5.41, 5.74) is 1.27. The summed E-state index contributed by atoms with van der Waals surface area (Å²) in [5.74, 6) is 0.739. The zero-order chi connectivity index (χ0) is 16.5. The number of hydrogen-bond donors (Lipinski definition) is 0. The normalized spacial score (nSPS) is 27.0. The molecule has 1 aliphatic rings. The number of rotatable bonds is 3. The van der Waals surface area contributed by atoms with Gasteiger partial charge in [0.05, 0.1) is 6.10 Å². The predicted molar refractivity (Wildman–Crippen MR) is 94.7 cm³/mol. The summed E-state index contributed by atoms with van der Waals surface area (Å²) in [4.78, 5) is 12.5. The molecule has 22 heavy (non-hydrogen) atoms. The van der Waals surface area contributed by atoms with E-state index >= 15 is 0 Å². The van der Waals surface area contributed by atoms with Gasteiger partial charge in [-0.15, -0.1) is 0 Å². The third-order valence-electron chi connectivity index (χ3n) is 5.55. The predicted octanol–water partition coefficient (Wildman–Crippen LogP) is 5.16. The molecular weight excluding hydrogens is 288 g/mol. The van der Waals surface area contributed by atoms with Gasteiger partial charge in [-0.25, -0.2) is 0 Å². The van der Waals surface area contributed by atoms with Crippen LogP contribution < -0.4 is 0 Å². The highest BCUT2D eigenvalue weighted by Crippen LogP contribution is 2.42. The van der Waals surface area contributed by atoms with Gasteiger partial charge in [0.1, 0.15) is 5.78 Å². The van der Waals surface area contributed by atoms with E-state index in [1.54, 1.807) is 0 Å². The van der Waals surface area contributed by atoms with Gasteiger partial charge in [-0.2, -0.15) is 0 Å². The van der Waals surface area contributed by atoms with Crippen LogP contribution in [-0.4, -0.2) is 20.2 Å². The fourth-order valence-corrected chi connectivity index (χ4v) is 4.38. The molecule has 0 aliphatic heterocycles. The molecule has 3 atom stereocenters. The highest BCUT2D eigenvalue weighted by molar-refractivity contribution is 6.74. The molecule has 1 aromatic carbocycles. The van der Waals surface area contributed by atoms with E-state index in [-0.39, 0.29) is 23.0 Å². The zero-order valence-electron chi connectivity index (χ0n) is 14.8. The quantitative estimate of drug-likeness (QED) is 0.720. The van der Waals surface area contributed by atoms with Crippen LogP contribution in [0.25, 0.3) is 0 Å². The maximum Gasteiger partial charge on any atom is 0.192 e. The average molecular weight is 319 g/mol. The Hall–Kier alpha value is -0.933. The summed E-state index contributed by atoms with van der Waals surface area (Å²) < 4.78 is 6.53. The minimum atomic E-state index is -1.83. The van der Waals surface area contributed by atoms with Gasteiger partial charge in [0.15, 0.2) is 8.32 Å². The molecule has 0 radical (unpaired) electrons. The lowest BCUT2D eigenvalue weighted by atomic mass is 9.74. The molecule has 1 fully saturated rings. The summed E-state index contributed by atoms with van der Waals surface area (Å²) >= 11 is 0. The standard InChI is InChI=1S/C19H30O2Si/c1-14-17(15-10-8-7-9-11-15)12-16(13-18(14)20)21-22(5,6)19(2,3)4/h7-11,14,16-17H,12-13H2,1-6H3/t14-,16-,17-/m1/s1. The smallest absolute Gasteiger partial charge is 0.192 e. The van der Waals surface area contributed by atoms with E-state index in [4.69, 9.17) is 4.43 Å². The fraction of sp³-hybridized carbons (Fsp3) is 0.632.